The zero-order valence-corrected chi connectivity index (χ0v) is 8.39. The number of para-hydroxylation sites is 1. The van der Waals surface area contributed by atoms with Crippen LogP contribution in [0.3, 0.4) is 0 Å². The molecule has 1 aromatic rings. The maximum absolute atomic E-state index is 12.1. The van der Waals surface area contributed by atoms with Crippen molar-refractivity contribution in [3.8, 4) is 0 Å². The van der Waals surface area contributed by atoms with Crippen LogP contribution in [0.15, 0.2) is 24.2 Å². The minimum absolute atomic E-state index is 0.00731. The maximum atomic E-state index is 12.1. The van der Waals surface area contributed by atoms with Gasteiger partial charge in [-0.05, 0) is 30.4 Å². The van der Waals surface area contributed by atoms with Crippen LogP contribution in [0, 0.1) is 5.92 Å². The normalized spacial score (nSPS) is 32.7. The highest BCUT2D eigenvalue weighted by molar-refractivity contribution is 5.96. The van der Waals surface area contributed by atoms with Crippen molar-refractivity contribution in [3.63, 3.8) is 0 Å². The van der Waals surface area contributed by atoms with E-state index in [1.165, 1.54) is 0 Å². The van der Waals surface area contributed by atoms with E-state index in [1.54, 1.807) is 0 Å². The third-order valence-corrected chi connectivity index (χ3v) is 3.44. The fourth-order valence-electron chi connectivity index (χ4n) is 2.70. The van der Waals surface area contributed by atoms with Crippen molar-refractivity contribution in [2.24, 2.45) is 5.92 Å². The van der Waals surface area contributed by atoms with Gasteiger partial charge in [-0.15, -0.1) is 0 Å². The van der Waals surface area contributed by atoms with Gasteiger partial charge >= 0.3 is 0 Å². The number of carbonyl (C=O) groups is 1. The summed E-state index contributed by atoms with van der Waals surface area (Å²) in [5.74, 6) is -0.290. The first-order valence-corrected chi connectivity index (χ1v) is 5.43. The molecule has 1 aromatic carbocycles. The predicted octanol–water partition coefficient (Wildman–Crippen LogP) is 2.91. The lowest BCUT2D eigenvalue weighted by Crippen LogP contribution is -2.35. The molecule has 1 amide bonds. The lowest BCUT2D eigenvalue weighted by Gasteiger charge is -2.36. The molecule has 15 heavy (non-hydrogen) atoms. The van der Waals surface area contributed by atoms with E-state index in [-0.39, 0.29) is 41.9 Å². The molecule has 3 rings (SSSR count). The molecule has 0 saturated heterocycles. The number of carbonyl (C=O) groups excluding carboxylic acids is 1. The first kappa shape index (κ1) is 5.69. The molecule has 1 aliphatic heterocycles. The van der Waals surface area contributed by atoms with Crippen LogP contribution in [0.2, 0.25) is 0 Å². The SMILES string of the molecule is [2H]c1c([2H])c([2H])c2c(c1[2H])NC(=O)[C@H]1CCCC[C@@H]21. The summed E-state index contributed by atoms with van der Waals surface area (Å²) in [6, 6.07) is -0.608. The van der Waals surface area contributed by atoms with E-state index in [1.807, 2.05) is 0 Å². The molecule has 78 valence electrons. The summed E-state index contributed by atoms with van der Waals surface area (Å²) >= 11 is 0. The van der Waals surface area contributed by atoms with E-state index in [9.17, 15) is 4.79 Å². The van der Waals surface area contributed by atoms with Crippen LogP contribution in [0.4, 0.5) is 5.69 Å². The topological polar surface area (TPSA) is 29.1 Å². The number of hydrogen-bond acceptors (Lipinski definition) is 1. The monoisotopic (exact) mass is 205 g/mol. The molecule has 2 nitrogen and oxygen atoms in total. The van der Waals surface area contributed by atoms with Crippen LogP contribution in [0.1, 0.15) is 42.6 Å². The molecular weight excluding hydrogens is 186 g/mol. The smallest absolute Gasteiger partial charge is 0.228 e. The van der Waals surface area contributed by atoms with Gasteiger partial charge in [0.05, 0.1) is 5.48 Å². The Morgan fingerprint density at radius 3 is 2.80 bits per heavy atom. The summed E-state index contributed by atoms with van der Waals surface area (Å²) in [7, 11) is 0. The Morgan fingerprint density at radius 2 is 1.93 bits per heavy atom. The molecule has 0 aromatic heterocycles. The van der Waals surface area contributed by atoms with Gasteiger partial charge in [0.1, 0.15) is 0 Å². The van der Waals surface area contributed by atoms with Gasteiger partial charge in [0.2, 0.25) is 5.91 Å². The zero-order valence-electron chi connectivity index (χ0n) is 12.4. The van der Waals surface area contributed by atoms with Crippen molar-refractivity contribution < 1.29 is 10.3 Å². The van der Waals surface area contributed by atoms with Gasteiger partial charge in [-0.1, -0.05) is 31.0 Å². The third-order valence-electron chi connectivity index (χ3n) is 3.44. The molecule has 0 bridgehead atoms. The number of fused-ring (bicyclic) bond motifs is 3. The average molecular weight is 205 g/mol. The molecule has 1 heterocycles. The number of nitrogens with one attached hydrogen (secondary N) is 1. The van der Waals surface area contributed by atoms with E-state index >= 15 is 0 Å². The number of benzene rings is 1. The van der Waals surface area contributed by atoms with Crippen LogP contribution < -0.4 is 5.32 Å². The summed E-state index contributed by atoms with van der Waals surface area (Å²) in [4.78, 5) is 12.1. The maximum Gasteiger partial charge on any atom is 0.228 e. The summed E-state index contributed by atoms with van der Waals surface area (Å²) in [5.41, 5.74) is 0.898. The van der Waals surface area contributed by atoms with Gasteiger partial charge in [0.25, 0.3) is 0 Å². The second-order valence-electron chi connectivity index (χ2n) is 4.28. The van der Waals surface area contributed by atoms with Gasteiger partial charge in [-0.3, -0.25) is 4.79 Å². The van der Waals surface area contributed by atoms with E-state index in [0.717, 1.165) is 25.7 Å². The molecule has 0 unspecified atom stereocenters. The number of amides is 1. The van der Waals surface area contributed by atoms with Crippen molar-refractivity contribution in [1.82, 2.24) is 0 Å². The molecule has 2 atom stereocenters. The fraction of sp³-hybridized carbons (Fsp3) is 0.462. The second-order valence-corrected chi connectivity index (χ2v) is 4.28. The Bertz CT molecular complexity index is 572. The van der Waals surface area contributed by atoms with Crippen molar-refractivity contribution in [3.05, 3.63) is 29.7 Å². The van der Waals surface area contributed by atoms with Gasteiger partial charge in [0.15, 0.2) is 0 Å². The van der Waals surface area contributed by atoms with Crippen LogP contribution in [-0.2, 0) is 4.79 Å². The first-order valence-electron chi connectivity index (χ1n) is 7.43. The molecule has 2 aliphatic rings. The zero-order chi connectivity index (χ0) is 13.7. The second kappa shape index (κ2) is 3.37. The van der Waals surface area contributed by atoms with Gasteiger partial charge in [0, 0.05) is 11.6 Å². The average Bonchev–Trinajstić information content (AvgIpc) is 2.43. The molecule has 0 spiro atoms. The van der Waals surface area contributed by atoms with Crippen LogP contribution in [0.5, 0.6) is 0 Å². The van der Waals surface area contributed by atoms with Crippen molar-refractivity contribution in [2.45, 2.75) is 31.6 Å². The Kier molecular flexibility index (Phi) is 1.28. The van der Waals surface area contributed by atoms with Crippen molar-refractivity contribution >= 4 is 11.6 Å². The predicted molar refractivity (Wildman–Crippen MR) is 59.8 cm³/mol. The standard InChI is InChI=1S/C13H15NO/c15-13-11-7-2-1-5-9(11)10-6-3-4-8-12(10)14-13/h3-4,6,8-9,11H,1-2,5,7H2,(H,14,15)/t9-,11-/m0/s1/i3D,4D,6D,8D. The van der Waals surface area contributed by atoms with E-state index in [2.05, 4.69) is 5.32 Å². The molecule has 1 saturated carbocycles. The molecule has 1 fully saturated rings. The lowest BCUT2D eigenvalue weighted by atomic mass is 9.72. The molecule has 2 heteroatoms. The Balaban J connectivity index is 2.24. The summed E-state index contributed by atoms with van der Waals surface area (Å²) in [5, 5.41) is 2.69. The highest BCUT2D eigenvalue weighted by Crippen LogP contribution is 2.44. The minimum atomic E-state index is -0.279. The third kappa shape index (κ3) is 1.36. The van der Waals surface area contributed by atoms with E-state index < -0.39 is 0 Å². The van der Waals surface area contributed by atoms with E-state index in [4.69, 9.17) is 5.48 Å². The molecular formula is C13H15NO. The van der Waals surface area contributed by atoms with Crippen LogP contribution in [0.25, 0.3) is 0 Å². The highest BCUT2D eigenvalue weighted by Gasteiger charge is 2.36. The quantitative estimate of drug-likeness (QED) is 0.693. The summed E-state index contributed by atoms with van der Waals surface area (Å²) < 4.78 is 31.4. The summed E-state index contributed by atoms with van der Waals surface area (Å²) in [6.07, 6.45) is 3.65. The van der Waals surface area contributed by atoms with Crippen molar-refractivity contribution in [1.29, 1.82) is 0 Å². The Hall–Kier alpha value is -1.31. The minimum Gasteiger partial charge on any atom is -0.326 e. The lowest BCUT2D eigenvalue weighted by molar-refractivity contribution is -0.121. The summed E-state index contributed by atoms with van der Waals surface area (Å²) in [6.45, 7) is 0. The molecule has 0 radical (unpaired) electrons. The Labute approximate surface area is 95.3 Å². The molecule has 1 aliphatic carbocycles. The Morgan fingerprint density at radius 1 is 1.20 bits per heavy atom. The highest BCUT2D eigenvalue weighted by atomic mass is 16.2. The van der Waals surface area contributed by atoms with Crippen LogP contribution in [-0.4, -0.2) is 5.91 Å². The van der Waals surface area contributed by atoms with Gasteiger partial charge in [-0.25, -0.2) is 0 Å². The van der Waals surface area contributed by atoms with Crippen LogP contribution >= 0.6 is 0 Å². The first-order chi connectivity index (χ1) is 9.02. The number of anilines is 1. The molecule has 1 N–H and O–H groups in total. The number of hydrogen-bond donors (Lipinski definition) is 1. The van der Waals surface area contributed by atoms with Crippen molar-refractivity contribution in [2.75, 3.05) is 5.32 Å². The van der Waals surface area contributed by atoms with Gasteiger partial charge < -0.3 is 5.32 Å². The largest absolute Gasteiger partial charge is 0.326 e. The van der Waals surface area contributed by atoms with E-state index in [0.29, 0.717) is 11.3 Å². The number of rotatable bonds is 0. The fourth-order valence-corrected chi connectivity index (χ4v) is 2.70. The van der Waals surface area contributed by atoms with Gasteiger partial charge in [-0.2, -0.15) is 0 Å².